The number of nitrogens with one attached hydrogen (secondary N) is 1. The van der Waals surface area contributed by atoms with E-state index in [4.69, 9.17) is 16.3 Å². The summed E-state index contributed by atoms with van der Waals surface area (Å²) in [5.74, 6) is 1.04. The van der Waals surface area contributed by atoms with Crippen molar-refractivity contribution in [3.63, 3.8) is 0 Å². The molecule has 0 spiro atoms. The van der Waals surface area contributed by atoms with Gasteiger partial charge >= 0.3 is 0 Å². The largest absolute Gasteiger partial charge is 0.489 e. The zero-order valence-corrected chi connectivity index (χ0v) is 17.8. The van der Waals surface area contributed by atoms with Crippen LogP contribution in [-0.2, 0) is 13.2 Å². The van der Waals surface area contributed by atoms with Crippen LogP contribution in [0.5, 0.6) is 5.75 Å². The molecule has 0 aliphatic heterocycles. The second-order valence-electron chi connectivity index (χ2n) is 7.21. The minimum atomic E-state index is -0.202. The normalized spacial score (nSPS) is 10.6. The molecule has 3 aromatic carbocycles. The third-order valence-corrected chi connectivity index (χ3v) is 5.05. The predicted molar refractivity (Wildman–Crippen MR) is 123 cm³/mol. The first-order chi connectivity index (χ1) is 15.1. The Kier molecular flexibility index (Phi) is 6.34. The molecule has 5 nitrogen and oxygen atoms in total. The van der Waals surface area contributed by atoms with Crippen LogP contribution in [0.15, 0.2) is 84.9 Å². The lowest BCUT2D eigenvalue weighted by Crippen LogP contribution is -2.13. The van der Waals surface area contributed by atoms with Gasteiger partial charge in [0.1, 0.15) is 12.4 Å². The van der Waals surface area contributed by atoms with Crippen LogP contribution in [0.25, 0.3) is 0 Å². The third-order valence-electron chi connectivity index (χ3n) is 4.82. The van der Waals surface area contributed by atoms with Gasteiger partial charge in [0.05, 0.1) is 6.54 Å². The van der Waals surface area contributed by atoms with Gasteiger partial charge in [0.25, 0.3) is 5.91 Å². The lowest BCUT2D eigenvalue weighted by Gasteiger charge is -2.08. The van der Waals surface area contributed by atoms with Crippen molar-refractivity contribution in [2.45, 2.75) is 20.1 Å². The second kappa shape index (κ2) is 9.49. The molecule has 156 valence electrons. The maximum absolute atomic E-state index is 12.6. The summed E-state index contributed by atoms with van der Waals surface area (Å²) in [6.45, 7) is 3.02. The van der Waals surface area contributed by atoms with Crippen LogP contribution in [0.3, 0.4) is 0 Å². The van der Waals surface area contributed by atoms with Crippen LogP contribution in [0, 0.1) is 6.92 Å². The van der Waals surface area contributed by atoms with Crippen LogP contribution in [0.1, 0.15) is 27.2 Å². The standard InChI is InChI=1S/C25H22ClN3O2/c1-18-14-24(28-29(18)16-19-6-3-2-4-7-19)27-25(30)21-12-10-20(11-13-21)17-31-23-9-5-8-22(26)15-23/h2-15H,16-17H2,1H3,(H,27,28,30). The highest BCUT2D eigenvalue weighted by Crippen LogP contribution is 2.19. The summed E-state index contributed by atoms with van der Waals surface area (Å²) >= 11 is 5.97. The zero-order chi connectivity index (χ0) is 21.6. The van der Waals surface area contributed by atoms with E-state index in [0.29, 0.717) is 35.3 Å². The Morgan fingerprint density at radius 3 is 2.48 bits per heavy atom. The van der Waals surface area contributed by atoms with Gasteiger partial charge in [-0.25, -0.2) is 0 Å². The molecule has 0 radical (unpaired) electrons. The lowest BCUT2D eigenvalue weighted by atomic mass is 10.1. The molecule has 4 aromatic rings. The Morgan fingerprint density at radius 1 is 0.968 bits per heavy atom. The summed E-state index contributed by atoms with van der Waals surface area (Å²) in [6.07, 6.45) is 0. The smallest absolute Gasteiger partial charge is 0.256 e. The fourth-order valence-electron chi connectivity index (χ4n) is 3.15. The van der Waals surface area contributed by atoms with Crippen molar-refractivity contribution in [2.75, 3.05) is 5.32 Å². The van der Waals surface area contributed by atoms with Crippen molar-refractivity contribution in [1.29, 1.82) is 0 Å². The van der Waals surface area contributed by atoms with Gasteiger partial charge in [0.2, 0.25) is 0 Å². The number of amides is 1. The number of aromatic nitrogens is 2. The molecule has 31 heavy (non-hydrogen) atoms. The Balaban J connectivity index is 1.36. The van der Waals surface area contributed by atoms with Crippen molar-refractivity contribution in [3.8, 4) is 5.75 Å². The number of hydrogen-bond acceptors (Lipinski definition) is 3. The van der Waals surface area contributed by atoms with Crippen LogP contribution in [-0.4, -0.2) is 15.7 Å². The molecular formula is C25H22ClN3O2. The Hall–Kier alpha value is -3.57. The van der Waals surface area contributed by atoms with Crippen LogP contribution >= 0.6 is 11.6 Å². The van der Waals surface area contributed by atoms with Gasteiger partial charge in [-0.2, -0.15) is 5.10 Å². The number of anilines is 1. The first-order valence-corrected chi connectivity index (χ1v) is 10.3. The summed E-state index contributed by atoms with van der Waals surface area (Å²) in [7, 11) is 0. The molecule has 0 aliphatic carbocycles. The summed E-state index contributed by atoms with van der Waals surface area (Å²) in [4.78, 5) is 12.6. The van der Waals surface area contributed by atoms with E-state index in [-0.39, 0.29) is 5.91 Å². The van der Waals surface area contributed by atoms with Crippen molar-refractivity contribution in [1.82, 2.24) is 9.78 Å². The van der Waals surface area contributed by atoms with Crippen molar-refractivity contribution < 1.29 is 9.53 Å². The first kappa shape index (κ1) is 20.7. The van der Waals surface area contributed by atoms with Crippen molar-refractivity contribution in [3.05, 3.63) is 112 Å². The maximum atomic E-state index is 12.6. The number of nitrogens with zero attached hydrogens (tertiary/aromatic N) is 2. The molecule has 0 fully saturated rings. The molecule has 0 saturated carbocycles. The lowest BCUT2D eigenvalue weighted by molar-refractivity contribution is 0.102. The zero-order valence-electron chi connectivity index (χ0n) is 17.1. The summed E-state index contributed by atoms with van der Waals surface area (Å²) in [6, 6.07) is 26.5. The van der Waals surface area contributed by atoms with E-state index in [9.17, 15) is 4.79 Å². The van der Waals surface area contributed by atoms with Gasteiger partial charge in [-0.15, -0.1) is 0 Å². The fraction of sp³-hybridized carbons (Fsp3) is 0.120. The molecular weight excluding hydrogens is 410 g/mol. The van der Waals surface area contributed by atoms with E-state index >= 15 is 0 Å². The molecule has 1 N–H and O–H groups in total. The van der Waals surface area contributed by atoms with E-state index in [2.05, 4.69) is 22.5 Å². The highest BCUT2D eigenvalue weighted by atomic mass is 35.5. The molecule has 1 amide bonds. The van der Waals surface area contributed by atoms with Gasteiger partial charge in [0.15, 0.2) is 5.82 Å². The number of benzene rings is 3. The summed E-state index contributed by atoms with van der Waals surface area (Å²) in [5, 5.41) is 8.01. The molecule has 0 bridgehead atoms. The van der Waals surface area contributed by atoms with E-state index < -0.39 is 0 Å². The van der Waals surface area contributed by atoms with E-state index in [1.807, 2.05) is 60.1 Å². The number of halogens is 1. The quantitative estimate of drug-likeness (QED) is 0.407. The average molecular weight is 432 g/mol. The summed E-state index contributed by atoms with van der Waals surface area (Å²) < 4.78 is 7.61. The summed E-state index contributed by atoms with van der Waals surface area (Å²) in [5.41, 5.74) is 3.65. The number of carbonyl (C=O) groups excluding carboxylic acids is 1. The monoisotopic (exact) mass is 431 g/mol. The Morgan fingerprint density at radius 2 is 1.74 bits per heavy atom. The molecule has 0 atom stereocenters. The predicted octanol–water partition coefficient (Wildman–Crippen LogP) is 5.72. The number of ether oxygens (including phenoxy) is 1. The van der Waals surface area contributed by atoms with Crippen LogP contribution in [0.4, 0.5) is 5.82 Å². The van der Waals surface area contributed by atoms with Gasteiger partial charge in [-0.1, -0.05) is 60.1 Å². The van der Waals surface area contributed by atoms with Gasteiger partial charge in [-0.3, -0.25) is 9.48 Å². The highest BCUT2D eigenvalue weighted by molar-refractivity contribution is 6.30. The third kappa shape index (κ3) is 5.53. The van der Waals surface area contributed by atoms with Crippen molar-refractivity contribution >= 4 is 23.3 Å². The van der Waals surface area contributed by atoms with Gasteiger partial charge < -0.3 is 10.1 Å². The Bertz CT molecular complexity index is 1170. The van der Waals surface area contributed by atoms with E-state index in [1.165, 1.54) is 0 Å². The molecule has 6 heteroatoms. The molecule has 1 aromatic heterocycles. The minimum absolute atomic E-state index is 0.202. The second-order valence-corrected chi connectivity index (χ2v) is 7.65. The topological polar surface area (TPSA) is 56.1 Å². The number of hydrogen-bond donors (Lipinski definition) is 1. The number of aryl methyl sites for hydroxylation is 1. The Labute approximate surface area is 186 Å². The van der Waals surface area contributed by atoms with Gasteiger partial charge in [0, 0.05) is 22.3 Å². The number of rotatable bonds is 7. The van der Waals surface area contributed by atoms with E-state index in [1.54, 1.807) is 24.3 Å². The van der Waals surface area contributed by atoms with Crippen molar-refractivity contribution in [2.24, 2.45) is 0 Å². The maximum Gasteiger partial charge on any atom is 0.256 e. The first-order valence-electron chi connectivity index (χ1n) is 9.94. The molecule has 0 unspecified atom stereocenters. The fourth-order valence-corrected chi connectivity index (χ4v) is 3.33. The molecule has 1 heterocycles. The minimum Gasteiger partial charge on any atom is -0.489 e. The van der Waals surface area contributed by atoms with Gasteiger partial charge in [-0.05, 0) is 48.4 Å². The number of carbonyl (C=O) groups is 1. The van der Waals surface area contributed by atoms with Crippen LogP contribution < -0.4 is 10.1 Å². The molecule has 0 saturated heterocycles. The van der Waals surface area contributed by atoms with E-state index in [0.717, 1.165) is 16.8 Å². The average Bonchev–Trinajstić information content (AvgIpc) is 3.12. The SMILES string of the molecule is Cc1cc(NC(=O)c2ccc(COc3cccc(Cl)c3)cc2)nn1Cc1ccccc1. The molecule has 4 rings (SSSR count). The molecule has 0 aliphatic rings. The highest BCUT2D eigenvalue weighted by Gasteiger charge is 2.11. The van der Waals surface area contributed by atoms with Crippen LogP contribution in [0.2, 0.25) is 5.02 Å².